The Hall–Kier alpha value is -4.01. The number of hydrogen-bond acceptors (Lipinski definition) is 6. The topological polar surface area (TPSA) is 83.9 Å². The molecule has 1 N–H and O–H groups in total. The molecule has 1 saturated heterocycles. The van der Waals surface area contributed by atoms with Crippen LogP contribution in [0.2, 0.25) is 0 Å². The van der Waals surface area contributed by atoms with Gasteiger partial charge in [0.15, 0.2) is 0 Å². The molecule has 6 nitrogen and oxygen atoms in total. The van der Waals surface area contributed by atoms with E-state index in [1.807, 2.05) is 60.7 Å². The highest BCUT2D eigenvalue weighted by molar-refractivity contribution is 8.26. The van der Waals surface area contributed by atoms with Gasteiger partial charge in [-0.3, -0.25) is 9.69 Å². The molecule has 1 aliphatic heterocycles. The normalized spacial score (nSPS) is 15.4. The van der Waals surface area contributed by atoms with Gasteiger partial charge in [-0.25, -0.2) is 9.59 Å². The molecule has 1 atom stereocenters. The first-order chi connectivity index (χ1) is 17.4. The summed E-state index contributed by atoms with van der Waals surface area (Å²) in [5.41, 5.74) is 2.28. The Morgan fingerprint density at radius 2 is 1.64 bits per heavy atom. The molecule has 3 aromatic rings. The zero-order valence-corrected chi connectivity index (χ0v) is 20.6. The van der Waals surface area contributed by atoms with Crippen LogP contribution in [0, 0.1) is 0 Å². The summed E-state index contributed by atoms with van der Waals surface area (Å²) in [7, 11) is 0. The molecular formula is C28H21NO5S2. The van der Waals surface area contributed by atoms with Gasteiger partial charge in [0.25, 0.3) is 5.91 Å². The first-order valence-electron chi connectivity index (χ1n) is 11.0. The number of amides is 1. The minimum atomic E-state index is -1.13. The standard InChI is InChI=1S/C28H21NO5S2/c30-25(15-14-19-8-3-1-4-9-19)34-22-13-7-12-21(16-22)18-24-26(31)29(28(35)36-24)23(27(32)33)17-20-10-5-2-6-11-20/h1-16,18,23H,17H2,(H,32,33)/b15-14+,24-18-/t23-/m0/s1. The molecule has 1 heterocycles. The molecule has 0 aromatic heterocycles. The zero-order chi connectivity index (χ0) is 25.5. The monoisotopic (exact) mass is 515 g/mol. The molecule has 0 radical (unpaired) electrons. The summed E-state index contributed by atoms with van der Waals surface area (Å²) < 4.78 is 5.57. The lowest BCUT2D eigenvalue weighted by Gasteiger charge is -2.23. The first kappa shape index (κ1) is 25.1. The third-order valence-corrected chi connectivity index (χ3v) is 6.61. The van der Waals surface area contributed by atoms with E-state index in [2.05, 4.69) is 0 Å². The largest absolute Gasteiger partial charge is 0.480 e. The summed E-state index contributed by atoms with van der Waals surface area (Å²) in [5, 5.41) is 9.81. The van der Waals surface area contributed by atoms with Crippen LogP contribution < -0.4 is 4.74 Å². The van der Waals surface area contributed by atoms with Crippen molar-refractivity contribution in [2.45, 2.75) is 12.5 Å². The van der Waals surface area contributed by atoms with E-state index in [-0.39, 0.29) is 10.7 Å². The minimum absolute atomic E-state index is 0.137. The molecule has 0 unspecified atom stereocenters. The Kier molecular flexibility index (Phi) is 8.10. The van der Waals surface area contributed by atoms with Gasteiger partial charge in [-0.2, -0.15) is 0 Å². The van der Waals surface area contributed by atoms with Crippen LogP contribution in [0.3, 0.4) is 0 Å². The second kappa shape index (κ2) is 11.6. The maximum atomic E-state index is 13.1. The van der Waals surface area contributed by atoms with Gasteiger partial charge in [0, 0.05) is 12.5 Å². The molecule has 0 bridgehead atoms. The second-order valence-corrected chi connectivity index (χ2v) is 9.51. The Morgan fingerprint density at radius 1 is 0.972 bits per heavy atom. The quantitative estimate of drug-likeness (QED) is 0.191. The first-order valence-corrected chi connectivity index (χ1v) is 12.2. The maximum absolute atomic E-state index is 13.1. The number of benzene rings is 3. The molecule has 0 saturated carbocycles. The van der Waals surface area contributed by atoms with Crippen molar-refractivity contribution >= 4 is 58.3 Å². The zero-order valence-electron chi connectivity index (χ0n) is 18.9. The molecular weight excluding hydrogens is 494 g/mol. The third kappa shape index (κ3) is 6.35. The Balaban J connectivity index is 1.48. The van der Waals surface area contributed by atoms with Crippen LogP contribution in [0.5, 0.6) is 5.75 Å². The van der Waals surface area contributed by atoms with E-state index >= 15 is 0 Å². The van der Waals surface area contributed by atoms with Crippen LogP contribution in [0.4, 0.5) is 0 Å². The van der Waals surface area contributed by atoms with Crippen LogP contribution in [0.1, 0.15) is 16.7 Å². The predicted molar refractivity (Wildman–Crippen MR) is 144 cm³/mol. The van der Waals surface area contributed by atoms with E-state index < -0.39 is 23.9 Å². The molecule has 8 heteroatoms. The Bertz CT molecular complexity index is 1350. The summed E-state index contributed by atoms with van der Waals surface area (Å²) in [4.78, 5) is 38.8. The number of carboxylic acid groups (broad SMARTS) is 1. The SMILES string of the molecule is O=C(/C=C/c1ccccc1)Oc1cccc(/C=C2\SC(=S)N([C@@H](Cc3ccccc3)C(=O)O)C2=O)c1. The van der Waals surface area contributed by atoms with Crippen molar-refractivity contribution in [3.63, 3.8) is 0 Å². The number of carboxylic acids is 1. The van der Waals surface area contributed by atoms with E-state index in [0.29, 0.717) is 16.2 Å². The number of thioether (sulfide) groups is 1. The summed E-state index contributed by atoms with van der Waals surface area (Å²) >= 11 is 6.41. The average molecular weight is 516 g/mol. The van der Waals surface area contributed by atoms with Crippen LogP contribution in [-0.2, 0) is 20.8 Å². The molecule has 1 aliphatic rings. The molecule has 36 heavy (non-hydrogen) atoms. The van der Waals surface area contributed by atoms with Crippen molar-refractivity contribution in [1.29, 1.82) is 0 Å². The lowest BCUT2D eigenvalue weighted by atomic mass is 10.0. The fraction of sp³-hybridized carbons (Fsp3) is 0.0714. The minimum Gasteiger partial charge on any atom is -0.480 e. The van der Waals surface area contributed by atoms with Crippen LogP contribution in [0.15, 0.2) is 95.9 Å². The van der Waals surface area contributed by atoms with Gasteiger partial charge in [0.2, 0.25) is 0 Å². The highest BCUT2D eigenvalue weighted by atomic mass is 32.2. The van der Waals surface area contributed by atoms with Gasteiger partial charge < -0.3 is 9.84 Å². The lowest BCUT2D eigenvalue weighted by Crippen LogP contribution is -2.45. The highest BCUT2D eigenvalue weighted by Gasteiger charge is 2.40. The molecule has 0 spiro atoms. The summed E-state index contributed by atoms with van der Waals surface area (Å²) in [6, 6.07) is 24.1. The highest BCUT2D eigenvalue weighted by Crippen LogP contribution is 2.35. The van der Waals surface area contributed by atoms with E-state index in [9.17, 15) is 19.5 Å². The van der Waals surface area contributed by atoms with Crippen molar-refractivity contribution in [2.24, 2.45) is 0 Å². The van der Waals surface area contributed by atoms with Crippen molar-refractivity contribution in [3.05, 3.63) is 113 Å². The van der Waals surface area contributed by atoms with Gasteiger partial charge in [0.1, 0.15) is 16.1 Å². The Labute approximate surface area is 217 Å². The number of carbonyl (C=O) groups is 3. The van der Waals surface area contributed by atoms with E-state index in [1.165, 1.54) is 6.08 Å². The molecule has 1 amide bonds. The van der Waals surface area contributed by atoms with Gasteiger partial charge in [0.05, 0.1) is 4.91 Å². The van der Waals surface area contributed by atoms with E-state index in [4.69, 9.17) is 17.0 Å². The third-order valence-electron chi connectivity index (χ3n) is 5.28. The van der Waals surface area contributed by atoms with Crippen molar-refractivity contribution in [2.75, 3.05) is 0 Å². The van der Waals surface area contributed by atoms with Gasteiger partial charge in [-0.15, -0.1) is 0 Å². The van der Waals surface area contributed by atoms with Gasteiger partial charge in [-0.1, -0.05) is 96.8 Å². The van der Waals surface area contributed by atoms with Gasteiger partial charge >= 0.3 is 11.9 Å². The number of thiocarbonyl (C=S) groups is 1. The van der Waals surface area contributed by atoms with E-state index in [1.54, 1.807) is 36.4 Å². The van der Waals surface area contributed by atoms with Crippen molar-refractivity contribution in [1.82, 2.24) is 4.90 Å². The fourth-order valence-corrected chi connectivity index (χ4v) is 4.93. The van der Waals surface area contributed by atoms with Crippen LogP contribution >= 0.6 is 24.0 Å². The number of rotatable bonds is 8. The van der Waals surface area contributed by atoms with E-state index in [0.717, 1.165) is 27.8 Å². The van der Waals surface area contributed by atoms with Crippen molar-refractivity contribution in [3.8, 4) is 5.75 Å². The average Bonchev–Trinajstić information content (AvgIpc) is 3.15. The van der Waals surface area contributed by atoms with Crippen molar-refractivity contribution < 1.29 is 24.2 Å². The van der Waals surface area contributed by atoms with Gasteiger partial charge in [-0.05, 0) is 41.0 Å². The fourth-order valence-electron chi connectivity index (χ4n) is 3.57. The molecule has 4 rings (SSSR count). The smallest absolute Gasteiger partial charge is 0.336 e. The molecule has 180 valence electrons. The maximum Gasteiger partial charge on any atom is 0.336 e. The summed E-state index contributed by atoms with van der Waals surface area (Å²) in [6.45, 7) is 0. The number of nitrogens with zero attached hydrogens (tertiary/aromatic N) is 1. The number of ether oxygens (including phenoxy) is 1. The summed E-state index contributed by atoms with van der Waals surface area (Å²) in [6.07, 6.45) is 4.74. The molecule has 3 aromatic carbocycles. The number of aliphatic carboxylic acids is 1. The molecule has 1 fully saturated rings. The number of carbonyl (C=O) groups excluding carboxylic acids is 2. The number of esters is 1. The summed E-state index contributed by atoms with van der Waals surface area (Å²) in [5.74, 6) is -1.82. The Morgan fingerprint density at radius 3 is 2.33 bits per heavy atom. The predicted octanol–water partition coefficient (Wildman–Crippen LogP) is 5.20. The molecule has 0 aliphatic carbocycles. The lowest BCUT2D eigenvalue weighted by molar-refractivity contribution is -0.145. The van der Waals surface area contributed by atoms with Crippen LogP contribution in [-0.4, -0.2) is 38.2 Å². The second-order valence-electron chi connectivity index (χ2n) is 7.83. The van der Waals surface area contributed by atoms with Crippen LogP contribution in [0.25, 0.3) is 12.2 Å². The number of hydrogen-bond donors (Lipinski definition) is 1.